The minimum Gasteiger partial charge on any atom is -0.487 e. The average Bonchev–Trinajstić information content (AvgIpc) is 3.44. The van der Waals surface area contributed by atoms with Crippen LogP contribution in [0.4, 0.5) is 0 Å². The predicted octanol–water partition coefficient (Wildman–Crippen LogP) is 6.06. The van der Waals surface area contributed by atoms with Gasteiger partial charge in [-0.3, -0.25) is 4.79 Å². The molecule has 0 saturated heterocycles. The molecule has 0 spiro atoms. The predicted molar refractivity (Wildman–Crippen MR) is 137 cm³/mol. The number of ether oxygens (including phenoxy) is 2. The third-order valence-electron chi connectivity index (χ3n) is 6.06. The zero-order valence-corrected chi connectivity index (χ0v) is 20.0. The maximum absolute atomic E-state index is 13.3. The Bertz CT molecular complexity index is 1620. The van der Waals surface area contributed by atoms with Crippen LogP contribution in [0.25, 0.3) is 33.3 Å². The second kappa shape index (κ2) is 8.29. The van der Waals surface area contributed by atoms with Gasteiger partial charge in [0, 0.05) is 10.9 Å². The van der Waals surface area contributed by atoms with E-state index in [4.69, 9.17) is 9.47 Å². The van der Waals surface area contributed by atoms with Gasteiger partial charge in [-0.2, -0.15) is 8.75 Å². The molecule has 5 aromatic rings. The van der Waals surface area contributed by atoms with Crippen LogP contribution in [-0.2, 0) is 16.1 Å². The lowest BCUT2D eigenvalue weighted by Crippen LogP contribution is -2.29. The van der Waals surface area contributed by atoms with Gasteiger partial charge in [0.1, 0.15) is 29.1 Å². The third-order valence-corrected chi connectivity index (χ3v) is 6.62. The summed E-state index contributed by atoms with van der Waals surface area (Å²) in [6.45, 7) is 3.94. The van der Waals surface area contributed by atoms with Crippen LogP contribution < -0.4 is 4.74 Å². The van der Waals surface area contributed by atoms with E-state index in [1.54, 1.807) is 13.8 Å². The lowest BCUT2D eigenvalue weighted by atomic mass is 9.92. The second-order valence-electron chi connectivity index (χ2n) is 8.92. The number of benzene rings is 3. The lowest BCUT2D eigenvalue weighted by molar-refractivity contribution is -0.125. The van der Waals surface area contributed by atoms with Crippen molar-refractivity contribution in [2.24, 2.45) is 0 Å². The average molecular weight is 480 g/mol. The number of para-hydroxylation sites is 1. The summed E-state index contributed by atoms with van der Waals surface area (Å²) in [5.41, 5.74) is 4.60. The molecule has 2 aromatic heterocycles. The van der Waals surface area contributed by atoms with Gasteiger partial charge in [0.05, 0.1) is 28.5 Å². The maximum Gasteiger partial charge on any atom is 0.210 e. The molecule has 3 heterocycles. The van der Waals surface area contributed by atoms with Gasteiger partial charge in [-0.15, -0.1) is 0 Å². The van der Waals surface area contributed by atoms with Crippen LogP contribution in [0, 0.1) is 0 Å². The van der Waals surface area contributed by atoms with Gasteiger partial charge in [0.25, 0.3) is 0 Å². The molecule has 0 amide bonds. The Morgan fingerprint density at radius 1 is 0.857 bits per heavy atom. The zero-order valence-electron chi connectivity index (χ0n) is 19.2. The SMILES string of the molecule is CC1(C)OC(c2ccc3nsnc3c2)=C(c2ccc(OCc3ccc4ccccc4n3)cc2)C1=O. The van der Waals surface area contributed by atoms with Crippen molar-refractivity contribution in [1.29, 1.82) is 0 Å². The molecule has 172 valence electrons. The molecule has 0 unspecified atom stereocenters. The van der Waals surface area contributed by atoms with E-state index in [0.29, 0.717) is 23.7 Å². The summed E-state index contributed by atoms with van der Waals surface area (Å²) in [6.07, 6.45) is 0. The number of nitrogens with zero attached hydrogens (tertiary/aromatic N) is 3. The molecule has 0 aliphatic carbocycles. The van der Waals surface area contributed by atoms with Crippen molar-refractivity contribution in [3.63, 3.8) is 0 Å². The number of hydrogen-bond acceptors (Lipinski definition) is 7. The molecule has 0 atom stereocenters. The summed E-state index contributed by atoms with van der Waals surface area (Å²) in [6, 6.07) is 25.3. The zero-order chi connectivity index (χ0) is 24.0. The minimum absolute atomic E-state index is 0.0574. The van der Waals surface area contributed by atoms with Crippen molar-refractivity contribution in [2.75, 3.05) is 0 Å². The van der Waals surface area contributed by atoms with E-state index in [1.165, 1.54) is 0 Å². The molecule has 0 fully saturated rings. The fourth-order valence-electron chi connectivity index (χ4n) is 4.21. The number of carbonyl (C=O) groups is 1. The van der Waals surface area contributed by atoms with Crippen molar-refractivity contribution in [3.8, 4) is 5.75 Å². The Morgan fingerprint density at radius 2 is 1.63 bits per heavy atom. The van der Waals surface area contributed by atoms with Gasteiger partial charge in [-0.1, -0.05) is 36.4 Å². The molecule has 1 aliphatic heterocycles. The molecule has 7 heteroatoms. The summed E-state index contributed by atoms with van der Waals surface area (Å²) in [5, 5.41) is 1.10. The van der Waals surface area contributed by atoms with Crippen LogP contribution in [0.1, 0.15) is 30.7 Å². The summed E-state index contributed by atoms with van der Waals surface area (Å²) in [7, 11) is 0. The van der Waals surface area contributed by atoms with Gasteiger partial charge in [0.15, 0.2) is 5.60 Å². The van der Waals surface area contributed by atoms with Gasteiger partial charge in [-0.05, 0) is 61.9 Å². The Kier molecular flexibility index (Phi) is 5.07. The normalized spacial score (nSPS) is 15.1. The van der Waals surface area contributed by atoms with Crippen LogP contribution in [0.2, 0.25) is 0 Å². The number of Topliss-reactive ketones (excluding diaryl/α,β-unsaturated/α-hetero) is 1. The quantitative estimate of drug-likeness (QED) is 0.305. The van der Waals surface area contributed by atoms with Crippen LogP contribution in [0.5, 0.6) is 5.75 Å². The molecule has 0 N–H and O–H groups in total. The maximum atomic E-state index is 13.3. The standard InChI is InChI=1S/C28H21N3O3S/c1-28(2)27(32)25(26(34-28)19-10-14-23-24(15-19)31-35-30-23)18-8-12-21(13-9-18)33-16-20-11-7-17-5-3-4-6-22(17)29-20/h3-15H,16H2,1-2H3. The van der Waals surface area contributed by atoms with Crippen molar-refractivity contribution < 1.29 is 14.3 Å². The second-order valence-corrected chi connectivity index (χ2v) is 9.45. The Hall–Kier alpha value is -4.10. The number of hydrogen-bond donors (Lipinski definition) is 0. The van der Waals surface area contributed by atoms with Gasteiger partial charge >= 0.3 is 0 Å². The number of carbonyl (C=O) groups excluding carboxylic acids is 1. The van der Waals surface area contributed by atoms with E-state index in [1.807, 2.05) is 78.9 Å². The lowest BCUT2D eigenvalue weighted by Gasteiger charge is -2.17. The monoisotopic (exact) mass is 479 g/mol. The molecule has 6 rings (SSSR count). The van der Waals surface area contributed by atoms with Crippen molar-refractivity contribution >= 4 is 50.8 Å². The van der Waals surface area contributed by atoms with Crippen LogP contribution in [0.15, 0.2) is 78.9 Å². The van der Waals surface area contributed by atoms with Crippen LogP contribution >= 0.6 is 11.7 Å². The van der Waals surface area contributed by atoms with E-state index >= 15 is 0 Å². The van der Waals surface area contributed by atoms with Gasteiger partial charge < -0.3 is 9.47 Å². The largest absolute Gasteiger partial charge is 0.487 e. The summed E-state index contributed by atoms with van der Waals surface area (Å²) in [4.78, 5) is 17.9. The Labute approximate surface area is 206 Å². The minimum atomic E-state index is -0.948. The van der Waals surface area contributed by atoms with Crippen LogP contribution in [-0.4, -0.2) is 25.1 Å². The van der Waals surface area contributed by atoms with Crippen molar-refractivity contribution in [1.82, 2.24) is 13.7 Å². The van der Waals surface area contributed by atoms with E-state index < -0.39 is 5.60 Å². The highest BCUT2D eigenvalue weighted by Gasteiger charge is 2.42. The smallest absolute Gasteiger partial charge is 0.210 e. The first-order valence-corrected chi connectivity index (χ1v) is 12.0. The fourth-order valence-corrected chi connectivity index (χ4v) is 4.73. The first-order valence-electron chi connectivity index (χ1n) is 11.3. The molecule has 1 aliphatic rings. The number of rotatable bonds is 5. The van der Waals surface area contributed by atoms with E-state index in [9.17, 15) is 4.79 Å². The molecule has 3 aromatic carbocycles. The first-order chi connectivity index (χ1) is 17.0. The van der Waals surface area contributed by atoms with E-state index in [0.717, 1.165) is 50.5 Å². The van der Waals surface area contributed by atoms with Gasteiger partial charge in [0.2, 0.25) is 5.78 Å². The third kappa shape index (κ3) is 3.94. The van der Waals surface area contributed by atoms with E-state index in [2.05, 4.69) is 13.7 Å². The molecular formula is C28H21N3O3S. The summed E-state index contributed by atoms with van der Waals surface area (Å²) < 4.78 is 20.7. The summed E-state index contributed by atoms with van der Waals surface area (Å²) >= 11 is 1.16. The molecule has 6 nitrogen and oxygen atoms in total. The molecule has 35 heavy (non-hydrogen) atoms. The molecular weight excluding hydrogens is 458 g/mol. The highest BCUT2D eigenvalue weighted by molar-refractivity contribution is 7.00. The highest BCUT2D eigenvalue weighted by Crippen LogP contribution is 2.42. The Balaban J connectivity index is 1.28. The highest BCUT2D eigenvalue weighted by atomic mass is 32.1. The van der Waals surface area contributed by atoms with Crippen LogP contribution in [0.3, 0.4) is 0 Å². The first kappa shape index (κ1) is 21.4. The van der Waals surface area contributed by atoms with E-state index in [-0.39, 0.29) is 5.78 Å². The van der Waals surface area contributed by atoms with Crippen molar-refractivity contribution in [2.45, 2.75) is 26.1 Å². The molecule has 0 saturated carbocycles. The van der Waals surface area contributed by atoms with Gasteiger partial charge in [-0.25, -0.2) is 4.98 Å². The number of fused-ring (bicyclic) bond motifs is 2. The number of ketones is 1. The number of pyridine rings is 1. The molecule has 0 radical (unpaired) electrons. The fraction of sp³-hybridized carbons (Fsp3) is 0.143. The van der Waals surface area contributed by atoms with Crippen molar-refractivity contribution in [3.05, 3.63) is 95.7 Å². The molecule has 0 bridgehead atoms. The Morgan fingerprint density at radius 3 is 2.49 bits per heavy atom. The topological polar surface area (TPSA) is 74.2 Å². The summed E-state index contributed by atoms with van der Waals surface area (Å²) in [5.74, 6) is 1.20. The number of aromatic nitrogens is 3.